The monoisotopic (exact) mass is 505 g/mol. The Morgan fingerprint density at radius 2 is 1.68 bits per heavy atom. The topological polar surface area (TPSA) is 62.6 Å². The van der Waals surface area contributed by atoms with Crippen LogP contribution in [-0.4, -0.2) is 21.3 Å². The van der Waals surface area contributed by atoms with E-state index in [-0.39, 0.29) is 11.3 Å². The molecule has 4 unspecified atom stereocenters. The van der Waals surface area contributed by atoms with E-state index in [0.29, 0.717) is 19.4 Å². The fourth-order valence-electron chi connectivity index (χ4n) is 6.92. The summed E-state index contributed by atoms with van der Waals surface area (Å²) in [4.78, 5) is 4.37. The van der Waals surface area contributed by atoms with Crippen molar-refractivity contribution in [2.45, 2.75) is 62.8 Å². The number of aryl methyl sites for hydroxylation is 2. The van der Waals surface area contributed by atoms with Crippen LogP contribution in [0.25, 0.3) is 0 Å². The molecule has 1 fully saturated rings. The molecule has 3 aromatic carbocycles. The van der Waals surface area contributed by atoms with Crippen molar-refractivity contribution < 1.29 is 14.9 Å². The van der Waals surface area contributed by atoms with Gasteiger partial charge in [-0.25, -0.2) is 0 Å². The van der Waals surface area contributed by atoms with E-state index in [1.807, 2.05) is 49.4 Å². The Morgan fingerprint density at radius 1 is 0.921 bits per heavy atom. The molecule has 4 heteroatoms. The number of nitrogens with zero attached hydrogens (tertiary/aromatic N) is 1. The number of rotatable bonds is 6. The lowest BCUT2D eigenvalue weighted by Gasteiger charge is -2.55. The first-order valence-corrected chi connectivity index (χ1v) is 13.6. The molecule has 4 aromatic rings. The lowest BCUT2D eigenvalue weighted by molar-refractivity contribution is -0.145. The minimum atomic E-state index is -1.24. The number of aliphatic hydroxyl groups excluding tert-OH is 1. The molecule has 1 heterocycles. The first-order valence-electron chi connectivity index (χ1n) is 13.6. The van der Waals surface area contributed by atoms with Crippen molar-refractivity contribution in [1.82, 2.24) is 4.98 Å². The van der Waals surface area contributed by atoms with Crippen LogP contribution in [0.1, 0.15) is 52.8 Å². The number of pyridine rings is 1. The van der Waals surface area contributed by atoms with Crippen molar-refractivity contribution in [3.8, 4) is 5.75 Å². The van der Waals surface area contributed by atoms with Gasteiger partial charge in [0.15, 0.2) is 0 Å². The SMILES string of the molecule is Cc1ncccc1COc1ccc2c(c1)CCC1CC(O)(c3ccccc3)C(O)CC21Cc1ccccc1. The maximum atomic E-state index is 11.8. The molecule has 1 saturated carbocycles. The Hall–Kier alpha value is -3.47. The zero-order valence-electron chi connectivity index (χ0n) is 21.9. The van der Waals surface area contributed by atoms with Gasteiger partial charge >= 0.3 is 0 Å². The molecule has 0 spiro atoms. The smallest absolute Gasteiger partial charge is 0.120 e. The highest BCUT2D eigenvalue weighted by atomic mass is 16.5. The van der Waals surface area contributed by atoms with Crippen LogP contribution in [-0.2, 0) is 30.5 Å². The molecule has 6 rings (SSSR count). The maximum Gasteiger partial charge on any atom is 0.120 e. The van der Waals surface area contributed by atoms with Gasteiger partial charge < -0.3 is 14.9 Å². The van der Waals surface area contributed by atoms with Gasteiger partial charge in [0.2, 0.25) is 0 Å². The van der Waals surface area contributed by atoms with Gasteiger partial charge in [0.25, 0.3) is 0 Å². The number of hydrogen-bond acceptors (Lipinski definition) is 4. The maximum absolute atomic E-state index is 11.8. The average molecular weight is 506 g/mol. The number of fused-ring (bicyclic) bond motifs is 3. The predicted octanol–water partition coefficient (Wildman–Crippen LogP) is 6.05. The van der Waals surface area contributed by atoms with Crippen LogP contribution < -0.4 is 4.74 Å². The van der Waals surface area contributed by atoms with E-state index in [0.717, 1.165) is 41.8 Å². The second-order valence-electron chi connectivity index (χ2n) is 11.1. The van der Waals surface area contributed by atoms with Gasteiger partial charge in [-0.2, -0.15) is 0 Å². The summed E-state index contributed by atoms with van der Waals surface area (Å²) in [6.45, 7) is 2.49. The van der Waals surface area contributed by atoms with E-state index in [1.54, 1.807) is 6.20 Å². The Bertz CT molecular complexity index is 1410. The molecule has 0 saturated heterocycles. The van der Waals surface area contributed by atoms with Gasteiger partial charge in [0.1, 0.15) is 18.0 Å². The summed E-state index contributed by atoms with van der Waals surface area (Å²) < 4.78 is 6.21. The molecule has 4 atom stereocenters. The molecule has 0 aliphatic heterocycles. The third-order valence-electron chi connectivity index (χ3n) is 8.97. The van der Waals surface area contributed by atoms with Gasteiger partial charge in [0.05, 0.1) is 6.10 Å². The van der Waals surface area contributed by atoms with Gasteiger partial charge in [-0.3, -0.25) is 4.98 Å². The molecule has 0 amide bonds. The van der Waals surface area contributed by atoms with Crippen LogP contribution in [0.15, 0.2) is 97.2 Å². The Labute approximate surface area is 225 Å². The van der Waals surface area contributed by atoms with Crippen LogP contribution in [0.2, 0.25) is 0 Å². The second kappa shape index (κ2) is 10.0. The molecule has 0 bridgehead atoms. The first-order chi connectivity index (χ1) is 18.5. The van der Waals surface area contributed by atoms with Gasteiger partial charge in [-0.1, -0.05) is 72.8 Å². The summed E-state index contributed by atoms with van der Waals surface area (Å²) >= 11 is 0. The van der Waals surface area contributed by atoms with Gasteiger partial charge in [-0.15, -0.1) is 0 Å². The first kappa shape index (κ1) is 24.8. The van der Waals surface area contributed by atoms with Crippen LogP contribution >= 0.6 is 0 Å². The molecule has 1 aromatic heterocycles. The quantitative estimate of drug-likeness (QED) is 0.335. The third-order valence-corrected chi connectivity index (χ3v) is 8.97. The lowest BCUT2D eigenvalue weighted by atomic mass is 9.51. The van der Waals surface area contributed by atoms with Crippen LogP contribution in [0.3, 0.4) is 0 Å². The average Bonchev–Trinajstić information content (AvgIpc) is 2.94. The van der Waals surface area contributed by atoms with Crippen molar-refractivity contribution in [3.05, 3.63) is 131 Å². The molecular formula is C34H35NO3. The zero-order valence-corrected chi connectivity index (χ0v) is 21.9. The molecule has 0 radical (unpaired) electrons. The number of benzene rings is 3. The Kier molecular flexibility index (Phi) is 6.55. The highest BCUT2D eigenvalue weighted by Crippen LogP contribution is 2.56. The van der Waals surface area contributed by atoms with E-state index < -0.39 is 11.7 Å². The normalized spacial score (nSPS) is 26.3. The number of ether oxygens (including phenoxy) is 1. The minimum absolute atomic E-state index is 0.244. The number of aliphatic hydroxyl groups is 2. The highest BCUT2D eigenvalue weighted by molar-refractivity contribution is 5.46. The Morgan fingerprint density at radius 3 is 2.45 bits per heavy atom. The van der Waals surface area contributed by atoms with Crippen molar-refractivity contribution in [2.75, 3.05) is 0 Å². The molecule has 2 N–H and O–H groups in total. The van der Waals surface area contributed by atoms with Gasteiger partial charge in [-0.05, 0) is 85.4 Å². The van der Waals surface area contributed by atoms with Gasteiger partial charge in [0, 0.05) is 22.9 Å². The van der Waals surface area contributed by atoms with Crippen LogP contribution in [0.4, 0.5) is 0 Å². The van der Waals surface area contributed by atoms with Crippen molar-refractivity contribution in [1.29, 1.82) is 0 Å². The van der Waals surface area contributed by atoms with E-state index >= 15 is 0 Å². The fourth-order valence-corrected chi connectivity index (χ4v) is 6.92. The molecule has 194 valence electrons. The molecular weight excluding hydrogens is 470 g/mol. The van der Waals surface area contributed by atoms with Crippen molar-refractivity contribution in [2.24, 2.45) is 5.92 Å². The largest absolute Gasteiger partial charge is 0.489 e. The summed E-state index contributed by atoms with van der Waals surface area (Å²) in [7, 11) is 0. The minimum Gasteiger partial charge on any atom is -0.489 e. The van der Waals surface area contributed by atoms with Crippen LogP contribution in [0, 0.1) is 12.8 Å². The number of aromatic nitrogens is 1. The van der Waals surface area contributed by atoms with Crippen molar-refractivity contribution >= 4 is 0 Å². The standard InChI is InChI=1S/C34H35NO3/c1-24-27(11-8-18-35-24)23-38-30-16-17-31-26(19-30)14-15-29-21-34(37,28-12-6-3-7-13-28)32(36)22-33(29,31)20-25-9-4-2-5-10-25/h2-13,16-19,29,32,36-37H,14-15,20-23H2,1H3. The van der Waals surface area contributed by atoms with Crippen molar-refractivity contribution in [3.63, 3.8) is 0 Å². The third kappa shape index (κ3) is 4.42. The second-order valence-corrected chi connectivity index (χ2v) is 11.1. The lowest BCUT2D eigenvalue weighted by Crippen LogP contribution is -2.57. The molecule has 38 heavy (non-hydrogen) atoms. The fraction of sp³-hybridized carbons (Fsp3) is 0.324. The molecule has 2 aliphatic rings. The number of hydrogen-bond donors (Lipinski definition) is 2. The predicted molar refractivity (Wildman–Crippen MR) is 149 cm³/mol. The summed E-state index contributed by atoms with van der Waals surface area (Å²) in [5, 5.41) is 23.4. The Balaban J connectivity index is 1.35. The van der Waals surface area contributed by atoms with Crippen LogP contribution in [0.5, 0.6) is 5.75 Å². The summed E-state index contributed by atoms with van der Waals surface area (Å²) in [5.74, 6) is 1.10. The van der Waals surface area contributed by atoms with E-state index in [9.17, 15) is 10.2 Å². The molecule has 4 nitrogen and oxygen atoms in total. The van der Waals surface area contributed by atoms with E-state index in [2.05, 4.69) is 53.5 Å². The van der Waals surface area contributed by atoms with E-state index in [1.165, 1.54) is 16.7 Å². The molecule has 2 aliphatic carbocycles. The zero-order chi connectivity index (χ0) is 26.2. The van der Waals surface area contributed by atoms with E-state index in [4.69, 9.17) is 4.74 Å². The summed E-state index contributed by atoms with van der Waals surface area (Å²) in [6.07, 6.45) is 4.73. The summed E-state index contributed by atoms with van der Waals surface area (Å²) in [5.41, 5.74) is 5.21. The highest BCUT2D eigenvalue weighted by Gasteiger charge is 2.56. The summed E-state index contributed by atoms with van der Waals surface area (Å²) in [6, 6.07) is 30.8.